The molecule has 0 fully saturated rings. The van der Waals surface area contributed by atoms with Crippen molar-refractivity contribution in [2.45, 2.75) is 20.3 Å². The molecule has 2 N–H and O–H groups in total. The van der Waals surface area contributed by atoms with E-state index in [4.69, 9.17) is 0 Å². The summed E-state index contributed by atoms with van der Waals surface area (Å²) >= 11 is 3.53. The number of anilines is 3. The van der Waals surface area contributed by atoms with E-state index in [0.717, 1.165) is 40.3 Å². The van der Waals surface area contributed by atoms with Crippen molar-refractivity contribution in [2.75, 3.05) is 17.2 Å². The summed E-state index contributed by atoms with van der Waals surface area (Å²) in [4.78, 5) is 8.64. The molecule has 2 aromatic rings. The molecule has 1 aromatic carbocycles. The second-order valence-corrected chi connectivity index (χ2v) is 4.89. The Labute approximate surface area is 121 Å². The van der Waals surface area contributed by atoms with Gasteiger partial charge in [-0.3, -0.25) is 0 Å². The Morgan fingerprint density at radius 1 is 1.11 bits per heavy atom. The Hall–Kier alpha value is -1.62. The third kappa shape index (κ3) is 3.23. The molecule has 0 radical (unpaired) electrons. The molecule has 5 heteroatoms. The van der Waals surface area contributed by atoms with Crippen LogP contribution in [-0.4, -0.2) is 16.5 Å². The lowest BCUT2D eigenvalue weighted by atomic mass is 10.2. The Balaban J connectivity index is 2.35. The summed E-state index contributed by atoms with van der Waals surface area (Å²) < 4.78 is 1.01. The number of halogens is 1. The number of rotatable bonds is 5. The molecule has 2 rings (SSSR count). The molecule has 0 aliphatic carbocycles. The minimum absolute atomic E-state index is 0.846. The van der Waals surface area contributed by atoms with Gasteiger partial charge in [0.2, 0.25) is 0 Å². The molecule has 100 valence electrons. The zero-order valence-electron chi connectivity index (χ0n) is 11.1. The fourth-order valence-electron chi connectivity index (χ4n) is 1.86. The van der Waals surface area contributed by atoms with Crippen molar-refractivity contribution in [2.24, 2.45) is 0 Å². The van der Waals surface area contributed by atoms with Crippen molar-refractivity contribution in [3.63, 3.8) is 0 Å². The SMILES string of the molecule is CCNc1ncnc(Nc2ccccc2Br)c1CC. The first-order chi connectivity index (χ1) is 9.26. The molecule has 1 heterocycles. The van der Waals surface area contributed by atoms with Crippen molar-refractivity contribution in [3.8, 4) is 0 Å². The summed E-state index contributed by atoms with van der Waals surface area (Å²) in [6.45, 7) is 5.01. The summed E-state index contributed by atoms with van der Waals surface area (Å²) in [5.41, 5.74) is 2.10. The van der Waals surface area contributed by atoms with Gasteiger partial charge in [0.15, 0.2) is 0 Å². The highest BCUT2D eigenvalue weighted by Crippen LogP contribution is 2.28. The molecule has 19 heavy (non-hydrogen) atoms. The number of nitrogens with zero attached hydrogens (tertiary/aromatic N) is 2. The van der Waals surface area contributed by atoms with Crippen molar-refractivity contribution in [1.82, 2.24) is 9.97 Å². The molecule has 0 saturated heterocycles. The van der Waals surface area contributed by atoms with Gasteiger partial charge in [0.05, 0.1) is 5.69 Å². The number of hydrogen-bond donors (Lipinski definition) is 2. The van der Waals surface area contributed by atoms with Crippen LogP contribution < -0.4 is 10.6 Å². The molecule has 0 aliphatic rings. The van der Waals surface area contributed by atoms with Gasteiger partial charge in [-0.1, -0.05) is 19.1 Å². The van der Waals surface area contributed by atoms with Crippen LogP contribution in [0.25, 0.3) is 0 Å². The maximum absolute atomic E-state index is 4.35. The average molecular weight is 321 g/mol. The Morgan fingerprint density at radius 2 is 1.84 bits per heavy atom. The normalized spacial score (nSPS) is 10.3. The molecule has 0 spiro atoms. The van der Waals surface area contributed by atoms with Gasteiger partial charge in [-0.25, -0.2) is 9.97 Å². The minimum Gasteiger partial charge on any atom is -0.370 e. The van der Waals surface area contributed by atoms with Gasteiger partial charge in [0, 0.05) is 16.6 Å². The number of para-hydroxylation sites is 1. The van der Waals surface area contributed by atoms with E-state index in [1.54, 1.807) is 6.33 Å². The van der Waals surface area contributed by atoms with Crippen LogP contribution in [0, 0.1) is 0 Å². The number of nitrogens with one attached hydrogen (secondary N) is 2. The van der Waals surface area contributed by atoms with Crippen LogP contribution in [0.2, 0.25) is 0 Å². The van der Waals surface area contributed by atoms with E-state index in [0.29, 0.717) is 0 Å². The van der Waals surface area contributed by atoms with Gasteiger partial charge in [-0.2, -0.15) is 0 Å². The van der Waals surface area contributed by atoms with Crippen molar-refractivity contribution in [1.29, 1.82) is 0 Å². The summed E-state index contributed by atoms with van der Waals surface area (Å²) in [5.74, 6) is 1.75. The van der Waals surface area contributed by atoms with Gasteiger partial charge in [0.25, 0.3) is 0 Å². The van der Waals surface area contributed by atoms with Crippen LogP contribution in [-0.2, 0) is 6.42 Å². The van der Waals surface area contributed by atoms with E-state index in [1.807, 2.05) is 24.3 Å². The molecule has 0 bridgehead atoms. The van der Waals surface area contributed by atoms with Crippen LogP contribution in [0.15, 0.2) is 35.1 Å². The number of benzene rings is 1. The van der Waals surface area contributed by atoms with Crippen LogP contribution in [0.4, 0.5) is 17.3 Å². The van der Waals surface area contributed by atoms with Crippen LogP contribution in [0.1, 0.15) is 19.4 Å². The zero-order valence-corrected chi connectivity index (χ0v) is 12.7. The molecule has 0 saturated carbocycles. The quantitative estimate of drug-likeness (QED) is 0.875. The summed E-state index contributed by atoms with van der Waals surface area (Å²) in [6, 6.07) is 7.99. The average Bonchev–Trinajstić information content (AvgIpc) is 2.42. The zero-order chi connectivity index (χ0) is 13.7. The van der Waals surface area contributed by atoms with Crippen LogP contribution in [0.5, 0.6) is 0 Å². The van der Waals surface area contributed by atoms with Crippen molar-refractivity contribution < 1.29 is 0 Å². The molecule has 0 amide bonds. The summed E-state index contributed by atoms with van der Waals surface area (Å²) in [7, 11) is 0. The lowest BCUT2D eigenvalue weighted by Gasteiger charge is -2.14. The first-order valence-electron chi connectivity index (χ1n) is 6.35. The van der Waals surface area contributed by atoms with Gasteiger partial charge in [-0.15, -0.1) is 0 Å². The summed E-state index contributed by atoms with van der Waals surface area (Å²) in [5, 5.41) is 6.62. The van der Waals surface area contributed by atoms with Crippen molar-refractivity contribution in [3.05, 3.63) is 40.6 Å². The molecular formula is C14H17BrN4. The van der Waals surface area contributed by atoms with Crippen molar-refractivity contribution >= 4 is 33.3 Å². The Morgan fingerprint density at radius 3 is 2.53 bits per heavy atom. The lowest BCUT2D eigenvalue weighted by Crippen LogP contribution is -2.07. The van der Waals surface area contributed by atoms with Gasteiger partial charge >= 0.3 is 0 Å². The molecule has 0 atom stereocenters. The molecule has 0 unspecified atom stereocenters. The van der Waals surface area contributed by atoms with E-state index in [9.17, 15) is 0 Å². The molecule has 4 nitrogen and oxygen atoms in total. The maximum atomic E-state index is 4.35. The molecule has 1 aromatic heterocycles. The lowest BCUT2D eigenvalue weighted by molar-refractivity contribution is 1.03. The Kier molecular flexibility index (Phi) is 4.74. The highest BCUT2D eigenvalue weighted by atomic mass is 79.9. The van der Waals surface area contributed by atoms with Crippen LogP contribution in [0.3, 0.4) is 0 Å². The van der Waals surface area contributed by atoms with E-state index >= 15 is 0 Å². The Bertz CT molecular complexity index is 557. The standard InChI is InChI=1S/C14H17BrN4/c1-3-10-13(16-4-2)17-9-18-14(10)19-12-8-6-5-7-11(12)15/h5-9H,3-4H2,1-2H3,(H2,16,17,18,19). The second kappa shape index (κ2) is 6.52. The fourth-order valence-corrected chi connectivity index (χ4v) is 2.25. The first kappa shape index (κ1) is 13.8. The third-order valence-corrected chi connectivity index (χ3v) is 3.46. The summed E-state index contributed by atoms with van der Waals surface area (Å²) in [6.07, 6.45) is 2.45. The largest absolute Gasteiger partial charge is 0.370 e. The fraction of sp³-hybridized carbons (Fsp3) is 0.286. The van der Waals surface area contributed by atoms with Crippen LogP contribution >= 0.6 is 15.9 Å². The topological polar surface area (TPSA) is 49.8 Å². The van der Waals surface area contributed by atoms with Gasteiger partial charge < -0.3 is 10.6 Å². The predicted octanol–water partition coefficient (Wildman–Crippen LogP) is 3.98. The minimum atomic E-state index is 0.846. The van der Waals surface area contributed by atoms with E-state index < -0.39 is 0 Å². The predicted molar refractivity (Wildman–Crippen MR) is 83.0 cm³/mol. The third-order valence-electron chi connectivity index (χ3n) is 2.77. The number of hydrogen-bond acceptors (Lipinski definition) is 4. The monoisotopic (exact) mass is 320 g/mol. The highest BCUT2D eigenvalue weighted by molar-refractivity contribution is 9.10. The molecular weight excluding hydrogens is 304 g/mol. The smallest absolute Gasteiger partial charge is 0.139 e. The number of aromatic nitrogens is 2. The van der Waals surface area contributed by atoms with E-state index in [2.05, 4.69) is 50.4 Å². The molecule has 0 aliphatic heterocycles. The maximum Gasteiger partial charge on any atom is 0.139 e. The van der Waals surface area contributed by atoms with Gasteiger partial charge in [0.1, 0.15) is 18.0 Å². The second-order valence-electron chi connectivity index (χ2n) is 4.04. The highest BCUT2D eigenvalue weighted by Gasteiger charge is 2.10. The first-order valence-corrected chi connectivity index (χ1v) is 7.14. The van der Waals surface area contributed by atoms with E-state index in [1.165, 1.54) is 0 Å². The van der Waals surface area contributed by atoms with E-state index in [-0.39, 0.29) is 0 Å². The van der Waals surface area contributed by atoms with Gasteiger partial charge in [-0.05, 0) is 41.4 Å².